The number of nitro groups is 1. The Hall–Kier alpha value is -1.18. The number of hydrogen-bond donors (Lipinski definition) is 0. The molecule has 0 aromatic heterocycles. The number of nitro benzene ring substituents is 1. The summed E-state index contributed by atoms with van der Waals surface area (Å²) in [6.07, 6.45) is 0.697. The Labute approximate surface area is 123 Å². The van der Waals surface area contributed by atoms with Gasteiger partial charge in [0.15, 0.2) is 0 Å². The second-order valence-electron chi connectivity index (χ2n) is 4.88. The maximum absolute atomic E-state index is 12.4. The summed E-state index contributed by atoms with van der Waals surface area (Å²) in [5, 5.41) is 10.7. The maximum Gasteiger partial charge on any atom is 0.270 e. The molecule has 0 bridgehead atoms. The van der Waals surface area contributed by atoms with Crippen molar-refractivity contribution in [2.24, 2.45) is 5.92 Å². The second-order valence-corrected chi connectivity index (χ2v) is 7.30. The van der Waals surface area contributed by atoms with Gasteiger partial charge < -0.3 is 0 Å². The lowest BCUT2D eigenvalue weighted by Crippen LogP contribution is -2.29. The monoisotopic (exact) mass is 320 g/mol. The van der Waals surface area contributed by atoms with Crippen LogP contribution in [-0.2, 0) is 10.0 Å². The zero-order valence-electron chi connectivity index (χ0n) is 11.5. The molecule has 8 heteroatoms. The Bertz CT molecular complexity index is 601. The van der Waals surface area contributed by atoms with E-state index in [0.717, 1.165) is 10.4 Å². The first-order chi connectivity index (χ1) is 9.16. The first-order valence-electron chi connectivity index (χ1n) is 6.06. The largest absolute Gasteiger partial charge is 0.270 e. The van der Waals surface area contributed by atoms with Crippen LogP contribution in [0.1, 0.15) is 20.3 Å². The molecule has 0 N–H and O–H groups in total. The van der Waals surface area contributed by atoms with Gasteiger partial charge in [0, 0.05) is 25.7 Å². The van der Waals surface area contributed by atoms with Crippen LogP contribution in [0.3, 0.4) is 0 Å². The van der Waals surface area contributed by atoms with Gasteiger partial charge in [0.05, 0.1) is 9.95 Å². The summed E-state index contributed by atoms with van der Waals surface area (Å²) in [4.78, 5) is 9.84. The molecule has 20 heavy (non-hydrogen) atoms. The predicted octanol–water partition coefficient (Wildman–Crippen LogP) is 2.91. The Morgan fingerprint density at radius 2 is 2.00 bits per heavy atom. The minimum atomic E-state index is -3.82. The maximum atomic E-state index is 12.4. The third kappa shape index (κ3) is 3.91. The average Bonchev–Trinajstić information content (AvgIpc) is 2.35. The van der Waals surface area contributed by atoms with Crippen molar-refractivity contribution in [3.05, 3.63) is 33.3 Å². The number of benzene rings is 1. The number of rotatable bonds is 6. The van der Waals surface area contributed by atoms with Crippen LogP contribution in [0, 0.1) is 16.0 Å². The molecule has 0 spiro atoms. The van der Waals surface area contributed by atoms with Gasteiger partial charge in [-0.3, -0.25) is 10.1 Å². The number of halogens is 1. The van der Waals surface area contributed by atoms with E-state index in [1.807, 2.05) is 13.8 Å². The Morgan fingerprint density at radius 3 is 2.50 bits per heavy atom. The van der Waals surface area contributed by atoms with Crippen LogP contribution in [0.4, 0.5) is 5.69 Å². The predicted molar refractivity (Wildman–Crippen MR) is 77.4 cm³/mol. The summed E-state index contributed by atoms with van der Waals surface area (Å²) >= 11 is 5.86. The highest BCUT2D eigenvalue weighted by Crippen LogP contribution is 2.28. The number of non-ortho nitro benzene ring substituents is 1. The highest BCUT2D eigenvalue weighted by Gasteiger charge is 2.25. The Morgan fingerprint density at radius 1 is 1.40 bits per heavy atom. The molecule has 1 aromatic rings. The van der Waals surface area contributed by atoms with Gasteiger partial charge in [0.1, 0.15) is 4.90 Å². The molecule has 0 saturated carbocycles. The van der Waals surface area contributed by atoms with Crippen molar-refractivity contribution in [3.8, 4) is 0 Å². The highest BCUT2D eigenvalue weighted by atomic mass is 35.5. The van der Waals surface area contributed by atoms with Crippen molar-refractivity contribution < 1.29 is 13.3 Å². The van der Waals surface area contributed by atoms with Gasteiger partial charge >= 0.3 is 0 Å². The van der Waals surface area contributed by atoms with Crippen LogP contribution in [0.25, 0.3) is 0 Å². The van der Waals surface area contributed by atoms with Crippen molar-refractivity contribution in [1.82, 2.24) is 4.31 Å². The fraction of sp³-hybridized carbons (Fsp3) is 0.500. The number of hydrogen-bond acceptors (Lipinski definition) is 4. The van der Waals surface area contributed by atoms with E-state index in [4.69, 9.17) is 11.6 Å². The lowest BCUT2D eigenvalue weighted by atomic mass is 10.1. The van der Waals surface area contributed by atoms with E-state index in [1.165, 1.54) is 19.2 Å². The van der Waals surface area contributed by atoms with Crippen molar-refractivity contribution in [2.45, 2.75) is 25.2 Å². The summed E-state index contributed by atoms with van der Waals surface area (Å²) in [6, 6.07) is 3.39. The summed E-state index contributed by atoms with van der Waals surface area (Å²) in [6.45, 7) is 4.31. The standard InChI is InChI=1S/C12H17ClN2O4S/c1-9(2)6-7-14(3)20(18,19)12-8-10(15(16)17)4-5-11(12)13/h4-5,8-9H,6-7H2,1-3H3. The zero-order chi connectivity index (χ0) is 15.5. The molecular formula is C12H17ClN2O4S. The molecule has 0 atom stereocenters. The molecule has 0 heterocycles. The van der Waals surface area contributed by atoms with Crippen LogP contribution in [0.5, 0.6) is 0 Å². The molecule has 0 saturated heterocycles. The Balaban J connectivity index is 3.14. The molecule has 0 radical (unpaired) electrons. The first-order valence-corrected chi connectivity index (χ1v) is 7.88. The van der Waals surface area contributed by atoms with Crippen LogP contribution in [-0.4, -0.2) is 31.2 Å². The summed E-state index contributed by atoms with van der Waals surface area (Å²) in [5.74, 6) is 0.355. The van der Waals surface area contributed by atoms with E-state index in [-0.39, 0.29) is 15.6 Å². The van der Waals surface area contributed by atoms with Crippen molar-refractivity contribution >= 4 is 27.3 Å². The molecule has 0 fully saturated rings. The summed E-state index contributed by atoms with van der Waals surface area (Å²) < 4.78 is 25.9. The van der Waals surface area contributed by atoms with E-state index in [0.29, 0.717) is 18.9 Å². The van der Waals surface area contributed by atoms with Crippen LogP contribution in [0.15, 0.2) is 23.1 Å². The van der Waals surface area contributed by atoms with Gasteiger partial charge in [-0.25, -0.2) is 12.7 Å². The van der Waals surface area contributed by atoms with Gasteiger partial charge in [-0.15, -0.1) is 0 Å². The molecule has 0 aliphatic carbocycles. The Kier molecular flexibility index (Phi) is 5.50. The highest BCUT2D eigenvalue weighted by molar-refractivity contribution is 7.89. The third-order valence-corrected chi connectivity index (χ3v) is 5.17. The summed E-state index contributed by atoms with van der Waals surface area (Å²) in [7, 11) is -2.39. The SMILES string of the molecule is CC(C)CCN(C)S(=O)(=O)c1cc([N+](=O)[O-])ccc1Cl. The van der Waals surface area contributed by atoms with Crippen molar-refractivity contribution in [1.29, 1.82) is 0 Å². The first kappa shape index (κ1) is 16.9. The fourth-order valence-corrected chi connectivity index (χ4v) is 3.21. The lowest BCUT2D eigenvalue weighted by molar-refractivity contribution is -0.385. The van der Waals surface area contributed by atoms with E-state index < -0.39 is 14.9 Å². The van der Waals surface area contributed by atoms with Gasteiger partial charge in [0.2, 0.25) is 10.0 Å². The van der Waals surface area contributed by atoms with Gasteiger partial charge in [-0.2, -0.15) is 0 Å². The molecular weight excluding hydrogens is 304 g/mol. The van der Waals surface area contributed by atoms with E-state index in [9.17, 15) is 18.5 Å². The lowest BCUT2D eigenvalue weighted by Gasteiger charge is -2.18. The zero-order valence-corrected chi connectivity index (χ0v) is 13.1. The van der Waals surface area contributed by atoms with Crippen LogP contribution in [0.2, 0.25) is 5.02 Å². The number of sulfonamides is 1. The normalized spacial score (nSPS) is 12.1. The molecule has 0 amide bonds. The minimum Gasteiger partial charge on any atom is -0.258 e. The third-order valence-electron chi connectivity index (χ3n) is 2.84. The molecule has 0 aliphatic heterocycles. The van der Waals surface area contributed by atoms with Gasteiger partial charge in [-0.1, -0.05) is 25.4 Å². The molecule has 1 aromatic carbocycles. The average molecular weight is 321 g/mol. The van der Waals surface area contributed by atoms with Crippen LogP contribution < -0.4 is 0 Å². The fourth-order valence-electron chi connectivity index (χ4n) is 1.53. The molecule has 112 valence electrons. The second kappa shape index (κ2) is 6.51. The number of nitrogens with zero attached hydrogens (tertiary/aromatic N) is 2. The van der Waals surface area contributed by atoms with Crippen LogP contribution >= 0.6 is 11.6 Å². The smallest absolute Gasteiger partial charge is 0.258 e. The van der Waals surface area contributed by atoms with E-state index in [1.54, 1.807) is 0 Å². The molecule has 6 nitrogen and oxygen atoms in total. The van der Waals surface area contributed by atoms with Gasteiger partial charge in [0.25, 0.3) is 5.69 Å². The van der Waals surface area contributed by atoms with E-state index in [2.05, 4.69) is 0 Å². The van der Waals surface area contributed by atoms with Crippen molar-refractivity contribution in [2.75, 3.05) is 13.6 Å². The quantitative estimate of drug-likeness (QED) is 0.596. The molecule has 0 unspecified atom stereocenters. The van der Waals surface area contributed by atoms with Crippen molar-refractivity contribution in [3.63, 3.8) is 0 Å². The molecule has 0 aliphatic rings. The summed E-state index contributed by atoms with van der Waals surface area (Å²) in [5.41, 5.74) is -0.301. The van der Waals surface area contributed by atoms with E-state index >= 15 is 0 Å². The molecule has 1 rings (SSSR count). The van der Waals surface area contributed by atoms with Gasteiger partial charge in [-0.05, 0) is 18.4 Å². The minimum absolute atomic E-state index is 0.0213. The topological polar surface area (TPSA) is 80.5 Å².